The first kappa shape index (κ1) is 21.3. The third-order valence-electron chi connectivity index (χ3n) is 2.44. The van der Waals surface area contributed by atoms with Crippen LogP contribution in [0.25, 0.3) is 0 Å². The van der Waals surface area contributed by atoms with E-state index in [0.29, 0.717) is 0 Å². The summed E-state index contributed by atoms with van der Waals surface area (Å²) in [6, 6.07) is 3.74. The Morgan fingerprint density at radius 3 is 2.42 bits per heavy atom. The van der Waals surface area contributed by atoms with E-state index in [1.807, 2.05) is 0 Å². The highest BCUT2D eigenvalue weighted by molar-refractivity contribution is 7.80. The van der Waals surface area contributed by atoms with Crippen molar-refractivity contribution in [3.8, 4) is 0 Å². The number of alkyl halides is 4. The molecule has 1 atom stereocenters. The third-order valence-corrected chi connectivity index (χ3v) is 3.87. The minimum absolute atomic E-state index is 0.0445. The minimum Gasteiger partial charge on any atom is -0.339 e. The molecule has 13 heteroatoms. The molecule has 0 aliphatic carbocycles. The number of nitrogens with zero attached hydrogens (tertiary/aromatic N) is 1. The van der Waals surface area contributed by atoms with Crippen LogP contribution in [0.2, 0.25) is 5.02 Å². The molecule has 0 saturated carbocycles. The van der Waals surface area contributed by atoms with E-state index in [2.05, 4.69) is 16.0 Å². The maximum absolute atomic E-state index is 11.4. The highest BCUT2D eigenvalue weighted by Gasteiger charge is 2.34. The van der Waals surface area contributed by atoms with Crippen LogP contribution < -0.4 is 16.0 Å². The molecule has 1 aromatic carbocycles. The number of benzene rings is 1. The predicted octanol–water partition coefficient (Wildman–Crippen LogP) is 3.59. The summed E-state index contributed by atoms with van der Waals surface area (Å²) in [5, 5.41) is 18.3. The quantitative estimate of drug-likeness (QED) is 0.207. The Morgan fingerprint density at radius 1 is 1.33 bits per heavy atom. The summed E-state index contributed by atoms with van der Waals surface area (Å²) < 4.78 is -1.92. The number of amides is 1. The maximum atomic E-state index is 11.4. The molecule has 24 heavy (non-hydrogen) atoms. The van der Waals surface area contributed by atoms with Crippen LogP contribution in [0.1, 0.15) is 0 Å². The smallest absolute Gasteiger partial charge is 0.271 e. The third kappa shape index (κ3) is 6.62. The lowest BCUT2D eigenvalue weighted by Crippen LogP contribution is -2.56. The van der Waals surface area contributed by atoms with Crippen molar-refractivity contribution in [1.82, 2.24) is 10.6 Å². The van der Waals surface area contributed by atoms with Crippen molar-refractivity contribution in [2.45, 2.75) is 9.96 Å². The van der Waals surface area contributed by atoms with Crippen molar-refractivity contribution < 1.29 is 9.72 Å². The molecule has 1 rings (SSSR count). The standard InChI is InChI=1S/C11H9Cl5N4O3S/c12-4-8(21)18-9(11(14,15)16)19-10(24)17-7-2-1-5(20(22)23)3-6(7)13/h1-3,9H,4H2,(H,18,21)(H2,17,19,24)/t9-/m1/s1. The van der Waals surface area contributed by atoms with Crippen LogP contribution in [0.4, 0.5) is 11.4 Å². The Kier molecular flexibility index (Phi) is 8.04. The topological polar surface area (TPSA) is 96.3 Å². The fourth-order valence-corrected chi connectivity index (χ4v) is 2.26. The van der Waals surface area contributed by atoms with Gasteiger partial charge in [0, 0.05) is 12.1 Å². The van der Waals surface area contributed by atoms with Gasteiger partial charge in [-0.3, -0.25) is 14.9 Å². The summed E-state index contributed by atoms with van der Waals surface area (Å²) in [5.74, 6) is -0.926. The molecular formula is C11H9Cl5N4O3S. The van der Waals surface area contributed by atoms with Gasteiger partial charge in [-0.15, -0.1) is 11.6 Å². The zero-order valence-electron chi connectivity index (χ0n) is 11.5. The molecule has 132 valence electrons. The maximum Gasteiger partial charge on any atom is 0.271 e. The SMILES string of the molecule is O=C(CCl)N[C@H](NC(=S)Nc1ccc([N+](=O)[O-])cc1Cl)C(Cl)(Cl)Cl. The summed E-state index contributed by atoms with van der Waals surface area (Å²) in [7, 11) is 0. The molecule has 0 radical (unpaired) electrons. The number of carbonyl (C=O) groups excluding carboxylic acids is 1. The van der Waals surface area contributed by atoms with Crippen LogP contribution in [-0.2, 0) is 4.79 Å². The number of non-ortho nitro benzene ring substituents is 1. The molecule has 0 heterocycles. The number of anilines is 1. The number of halogens is 5. The molecule has 0 aliphatic rings. The second-order valence-electron chi connectivity index (χ2n) is 4.20. The van der Waals surface area contributed by atoms with Crippen molar-refractivity contribution in [3.05, 3.63) is 33.3 Å². The second kappa shape index (κ2) is 9.07. The molecule has 0 aromatic heterocycles. The number of hydrogen-bond donors (Lipinski definition) is 3. The van der Waals surface area contributed by atoms with E-state index in [9.17, 15) is 14.9 Å². The molecule has 3 N–H and O–H groups in total. The number of nitrogens with one attached hydrogen (secondary N) is 3. The summed E-state index contributed by atoms with van der Waals surface area (Å²) >= 11 is 33.6. The molecule has 0 saturated heterocycles. The molecule has 1 amide bonds. The van der Waals surface area contributed by atoms with E-state index in [1.54, 1.807) is 0 Å². The molecular weight excluding hydrogens is 445 g/mol. The van der Waals surface area contributed by atoms with Gasteiger partial charge >= 0.3 is 0 Å². The van der Waals surface area contributed by atoms with E-state index >= 15 is 0 Å². The Labute approximate surface area is 167 Å². The number of nitro benzene ring substituents is 1. The first-order valence-electron chi connectivity index (χ1n) is 5.98. The van der Waals surface area contributed by atoms with Gasteiger partial charge in [0.25, 0.3) is 5.69 Å². The monoisotopic (exact) mass is 452 g/mol. The highest BCUT2D eigenvalue weighted by atomic mass is 35.6. The minimum atomic E-state index is -1.92. The Hall–Kier alpha value is -0.770. The number of carbonyl (C=O) groups is 1. The van der Waals surface area contributed by atoms with E-state index in [0.717, 1.165) is 6.07 Å². The average Bonchev–Trinajstić information content (AvgIpc) is 2.47. The Morgan fingerprint density at radius 2 is 1.96 bits per heavy atom. The largest absolute Gasteiger partial charge is 0.339 e. The molecule has 1 aromatic rings. The van der Waals surface area contributed by atoms with E-state index in [1.165, 1.54) is 12.1 Å². The van der Waals surface area contributed by atoms with Crippen molar-refractivity contribution in [1.29, 1.82) is 0 Å². The van der Waals surface area contributed by atoms with Gasteiger partial charge in [-0.1, -0.05) is 46.4 Å². The van der Waals surface area contributed by atoms with Crippen LogP contribution in [0, 0.1) is 10.1 Å². The second-order valence-corrected chi connectivity index (χ2v) is 7.65. The van der Waals surface area contributed by atoms with Crippen LogP contribution in [0.5, 0.6) is 0 Å². The van der Waals surface area contributed by atoms with Crippen molar-refractivity contribution >= 4 is 92.6 Å². The molecule has 0 unspecified atom stereocenters. The number of hydrogen-bond acceptors (Lipinski definition) is 4. The number of thiocarbonyl (C=S) groups is 1. The van der Waals surface area contributed by atoms with Gasteiger partial charge in [-0.25, -0.2) is 0 Å². The Bertz CT molecular complexity index is 655. The molecule has 0 aliphatic heterocycles. The van der Waals surface area contributed by atoms with Crippen LogP contribution in [0.15, 0.2) is 18.2 Å². The zero-order valence-corrected chi connectivity index (χ0v) is 16.1. The molecule has 0 fully saturated rings. The van der Waals surface area contributed by atoms with Crippen LogP contribution in [-0.4, -0.2) is 31.8 Å². The van der Waals surface area contributed by atoms with Crippen molar-refractivity contribution in [2.75, 3.05) is 11.2 Å². The van der Waals surface area contributed by atoms with E-state index in [-0.39, 0.29) is 27.4 Å². The van der Waals surface area contributed by atoms with Crippen LogP contribution >= 0.6 is 70.2 Å². The van der Waals surface area contributed by atoms with Gasteiger partial charge < -0.3 is 16.0 Å². The van der Waals surface area contributed by atoms with E-state index < -0.39 is 20.8 Å². The summed E-state index contributed by atoms with van der Waals surface area (Å²) in [6.07, 6.45) is -1.18. The molecule has 0 spiro atoms. The van der Waals surface area contributed by atoms with Crippen molar-refractivity contribution in [3.63, 3.8) is 0 Å². The van der Waals surface area contributed by atoms with Gasteiger partial charge in [-0.05, 0) is 18.3 Å². The number of rotatable bonds is 5. The summed E-state index contributed by atoms with van der Waals surface area (Å²) in [5.41, 5.74) is 0.101. The predicted molar refractivity (Wildman–Crippen MR) is 100 cm³/mol. The van der Waals surface area contributed by atoms with Gasteiger partial charge in [0.1, 0.15) is 12.0 Å². The first-order chi connectivity index (χ1) is 11.0. The fourth-order valence-electron chi connectivity index (χ4n) is 1.41. The number of nitro groups is 1. The van der Waals surface area contributed by atoms with Gasteiger partial charge in [0.15, 0.2) is 5.11 Å². The average molecular weight is 455 g/mol. The first-order valence-corrected chi connectivity index (χ1v) is 8.43. The van der Waals surface area contributed by atoms with Crippen LogP contribution in [0.3, 0.4) is 0 Å². The fraction of sp³-hybridized carbons (Fsp3) is 0.273. The molecule has 7 nitrogen and oxygen atoms in total. The van der Waals surface area contributed by atoms with Gasteiger partial charge in [0.05, 0.1) is 15.6 Å². The molecule has 0 bridgehead atoms. The normalized spacial score (nSPS) is 12.2. The zero-order chi connectivity index (χ0) is 18.5. The lowest BCUT2D eigenvalue weighted by atomic mass is 10.3. The highest BCUT2D eigenvalue weighted by Crippen LogP contribution is 2.30. The van der Waals surface area contributed by atoms with Gasteiger partial charge in [-0.2, -0.15) is 0 Å². The van der Waals surface area contributed by atoms with Gasteiger partial charge in [0.2, 0.25) is 9.70 Å². The lowest BCUT2D eigenvalue weighted by Gasteiger charge is -2.27. The summed E-state index contributed by atoms with van der Waals surface area (Å²) in [4.78, 5) is 21.4. The lowest BCUT2D eigenvalue weighted by molar-refractivity contribution is -0.384. The van der Waals surface area contributed by atoms with E-state index in [4.69, 9.17) is 70.2 Å². The Balaban J connectivity index is 2.82. The van der Waals surface area contributed by atoms with Crippen molar-refractivity contribution in [2.24, 2.45) is 0 Å². The summed E-state index contributed by atoms with van der Waals surface area (Å²) in [6.45, 7) is 0.